The lowest BCUT2D eigenvalue weighted by atomic mass is 10.1. The van der Waals surface area contributed by atoms with Gasteiger partial charge in [0, 0.05) is 50.6 Å². The number of carbonyl (C=O) groups excluding carboxylic acids is 1. The van der Waals surface area contributed by atoms with E-state index in [1.54, 1.807) is 19.3 Å². The first-order valence-corrected chi connectivity index (χ1v) is 9.60. The smallest absolute Gasteiger partial charge is 0.219 e. The van der Waals surface area contributed by atoms with E-state index in [1.807, 2.05) is 35.2 Å². The van der Waals surface area contributed by atoms with Crippen molar-refractivity contribution in [1.82, 2.24) is 19.8 Å². The SMILES string of the molecule is CC(=O)N(Cc1cncnc1)[C@H]1CCCN(C[C@H](O)c2ccccc2)CC1. The fourth-order valence-corrected chi connectivity index (χ4v) is 3.76. The number of hydrogen-bond acceptors (Lipinski definition) is 5. The van der Waals surface area contributed by atoms with Crippen molar-refractivity contribution >= 4 is 5.91 Å². The highest BCUT2D eigenvalue weighted by molar-refractivity contribution is 5.73. The Labute approximate surface area is 160 Å². The molecular weight excluding hydrogens is 340 g/mol. The van der Waals surface area contributed by atoms with Crippen LogP contribution in [0.1, 0.15) is 43.4 Å². The Morgan fingerprint density at radius 2 is 1.96 bits per heavy atom. The molecule has 6 nitrogen and oxygen atoms in total. The Bertz CT molecular complexity index is 711. The first-order chi connectivity index (χ1) is 13.1. The second kappa shape index (κ2) is 9.58. The minimum Gasteiger partial charge on any atom is -0.387 e. The van der Waals surface area contributed by atoms with E-state index < -0.39 is 6.10 Å². The fourth-order valence-electron chi connectivity index (χ4n) is 3.76. The summed E-state index contributed by atoms with van der Waals surface area (Å²) in [6, 6.07) is 10.0. The van der Waals surface area contributed by atoms with Crippen molar-refractivity contribution in [2.75, 3.05) is 19.6 Å². The summed E-state index contributed by atoms with van der Waals surface area (Å²) in [5.41, 5.74) is 1.90. The van der Waals surface area contributed by atoms with E-state index in [0.717, 1.165) is 43.5 Å². The third kappa shape index (κ3) is 5.58. The zero-order valence-corrected chi connectivity index (χ0v) is 15.9. The molecule has 27 heavy (non-hydrogen) atoms. The lowest BCUT2D eigenvalue weighted by Crippen LogP contribution is -2.39. The number of amides is 1. The molecule has 1 aromatic heterocycles. The lowest BCUT2D eigenvalue weighted by molar-refractivity contribution is -0.132. The molecule has 1 fully saturated rings. The molecule has 2 heterocycles. The molecule has 1 aromatic carbocycles. The Balaban J connectivity index is 1.58. The number of nitrogens with zero attached hydrogens (tertiary/aromatic N) is 4. The second-order valence-electron chi connectivity index (χ2n) is 7.21. The van der Waals surface area contributed by atoms with Gasteiger partial charge < -0.3 is 14.9 Å². The highest BCUT2D eigenvalue weighted by Gasteiger charge is 2.25. The number of rotatable bonds is 6. The van der Waals surface area contributed by atoms with Crippen LogP contribution in [0.25, 0.3) is 0 Å². The number of benzene rings is 1. The fraction of sp³-hybridized carbons (Fsp3) is 0.476. The van der Waals surface area contributed by atoms with Crippen LogP contribution in [0.15, 0.2) is 49.1 Å². The summed E-state index contributed by atoms with van der Waals surface area (Å²) in [5, 5.41) is 10.5. The molecule has 1 aliphatic rings. The molecule has 0 radical (unpaired) electrons. The predicted octanol–water partition coefficient (Wildman–Crippen LogP) is 2.41. The summed E-state index contributed by atoms with van der Waals surface area (Å²) in [6.45, 7) is 4.63. The van der Waals surface area contributed by atoms with Crippen molar-refractivity contribution in [3.63, 3.8) is 0 Å². The average Bonchev–Trinajstić information content (AvgIpc) is 2.93. The topological polar surface area (TPSA) is 69.6 Å². The number of likely N-dealkylation sites (tertiary alicyclic amines) is 1. The molecule has 1 saturated heterocycles. The monoisotopic (exact) mass is 368 g/mol. The summed E-state index contributed by atoms with van der Waals surface area (Å²) >= 11 is 0. The Hall–Kier alpha value is -2.31. The van der Waals surface area contributed by atoms with Crippen molar-refractivity contribution in [2.45, 2.75) is 44.9 Å². The van der Waals surface area contributed by atoms with Crippen LogP contribution in [0.4, 0.5) is 0 Å². The van der Waals surface area contributed by atoms with Gasteiger partial charge in [0.1, 0.15) is 6.33 Å². The maximum atomic E-state index is 12.2. The Morgan fingerprint density at radius 1 is 1.22 bits per heavy atom. The van der Waals surface area contributed by atoms with Crippen LogP contribution in [0.2, 0.25) is 0 Å². The molecule has 0 saturated carbocycles. The third-order valence-corrected chi connectivity index (χ3v) is 5.22. The number of hydrogen-bond donors (Lipinski definition) is 1. The van der Waals surface area contributed by atoms with Gasteiger partial charge in [-0.25, -0.2) is 9.97 Å². The molecule has 1 aliphatic heterocycles. The van der Waals surface area contributed by atoms with Crippen molar-refractivity contribution in [1.29, 1.82) is 0 Å². The molecule has 1 amide bonds. The van der Waals surface area contributed by atoms with Crippen LogP contribution in [0.5, 0.6) is 0 Å². The summed E-state index contributed by atoms with van der Waals surface area (Å²) in [5.74, 6) is 0.0848. The van der Waals surface area contributed by atoms with Gasteiger partial charge >= 0.3 is 0 Å². The zero-order valence-electron chi connectivity index (χ0n) is 15.9. The van der Waals surface area contributed by atoms with Gasteiger partial charge in [-0.05, 0) is 31.4 Å². The summed E-state index contributed by atoms with van der Waals surface area (Å²) in [7, 11) is 0. The molecule has 6 heteroatoms. The van der Waals surface area contributed by atoms with Crippen LogP contribution in [0.3, 0.4) is 0 Å². The maximum absolute atomic E-state index is 12.2. The van der Waals surface area contributed by atoms with Gasteiger partial charge in [0.05, 0.1) is 6.10 Å². The summed E-state index contributed by atoms with van der Waals surface area (Å²) < 4.78 is 0. The molecular formula is C21H28N4O2. The van der Waals surface area contributed by atoms with Crippen molar-refractivity contribution in [3.05, 3.63) is 60.2 Å². The summed E-state index contributed by atoms with van der Waals surface area (Å²) in [4.78, 5) is 24.6. The van der Waals surface area contributed by atoms with Crippen LogP contribution in [-0.2, 0) is 11.3 Å². The normalized spacial score (nSPS) is 19.3. The largest absolute Gasteiger partial charge is 0.387 e. The van der Waals surface area contributed by atoms with E-state index in [4.69, 9.17) is 0 Å². The molecule has 0 unspecified atom stereocenters. The van der Waals surface area contributed by atoms with Crippen LogP contribution in [-0.4, -0.2) is 56.5 Å². The van der Waals surface area contributed by atoms with E-state index in [0.29, 0.717) is 13.1 Å². The molecule has 2 atom stereocenters. The molecule has 0 aliphatic carbocycles. The standard InChI is InChI=1S/C21H28N4O2/c1-17(26)25(14-18-12-22-16-23-13-18)20-8-5-10-24(11-9-20)15-21(27)19-6-3-2-4-7-19/h2-4,6-7,12-13,16,20-21,27H,5,8-11,14-15H2,1H3/t20-,21-/m0/s1. The quantitative estimate of drug-likeness (QED) is 0.848. The summed E-state index contributed by atoms with van der Waals surface area (Å²) in [6.07, 6.45) is 7.46. The predicted molar refractivity (Wildman–Crippen MR) is 104 cm³/mol. The van der Waals surface area contributed by atoms with Crippen molar-refractivity contribution < 1.29 is 9.90 Å². The lowest BCUT2D eigenvalue weighted by Gasteiger charge is -2.30. The van der Waals surface area contributed by atoms with E-state index >= 15 is 0 Å². The van der Waals surface area contributed by atoms with Gasteiger partial charge in [0.15, 0.2) is 0 Å². The molecule has 0 spiro atoms. The first-order valence-electron chi connectivity index (χ1n) is 9.60. The number of β-amino-alcohol motifs (C(OH)–C–C–N with tert-alkyl or cyclic N) is 1. The third-order valence-electron chi connectivity index (χ3n) is 5.22. The van der Waals surface area contributed by atoms with Gasteiger partial charge in [-0.2, -0.15) is 0 Å². The second-order valence-corrected chi connectivity index (χ2v) is 7.21. The minimum atomic E-state index is -0.479. The number of aliphatic hydroxyl groups excluding tert-OH is 1. The van der Waals surface area contributed by atoms with Gasteiger partial charge in [0.2, 0.25) is 5.91 Å². The number of aromatic nitrogens is 2. The Morgan fingerprint density at radius 3 is 2.67 bits per heavy atom. The van der Waals surface area contributed by atoms with Gasteiger partial charge in [-0.1, -0.05) is 30.3 Å². The molecule has 3 rings (SSSR count). The molecule has 2 aromatic rings. The minimum absolute atomic E-state index is 0.0848. The highest BCUT2D eigenvalue weighted by Crippen LogP contribution is 2.21. The zero-order chi connectivity index (χ0) is 19.1. The van der Waals surface area contributed by atoms with Gasteiger partial charge in [-0.15, -0.1) is 0 Å². The van der Waals surface area contributed by atoms with Crippen LogP contribution in [0, 0.1) is 0 Å². The van der Waals surface area contributed by atoms with E-state index in [1.165, 1.54) is 6.33 Å². The first kappa shape index (κ1) is 19.5. The van der Waals surface area contributed by atoms with E-state index in [2.05, 4.69) is 14.9 Å². The van der Waals surface area contributed by atoms with Crippen LogP contribution >= 0.6 is 0 Å². The van der Waals surface area contributed by atoms with Crippen LogP contribution < -0.4 is 0 Å². The highest BCUT2D eigenvalue weighted by atomic mass is 16.3. The number of carbonyl (C=O) groups is 1. The number of aliphatic hydroxyl groups is 1. The van der Waals surface area contributed by atoms with E-state index in [9.17, 15) is 9.90 Å². The molecule has 0 bridgehead atoms. The van der Waals surface area contributed by atoms with Gasteiger partial charge in [-0.3, -0.25) is 4.79 Å². The average molecular weight is 368 g/mol. The Kier molecular flexibility index (Phi) is 6.90. The van der Waals surface area contributed by atoms with Crippen molar-refractivity contribution in [2.24, 2.45) is 0 Å². The van der Waals surface area contributed by atoms with E-state index in [-0.39, 0.29) is 11.9 Å². The van der Waals surface area contributed by atoms with Gasteiger partial charge in [0.25, 0.3) is 0 Å². The molecule has 1 N–H and O–H groups in total. The molecule has 144 valence electrons. The maximum Gasteiger partial charge on any atom is 0.219 e. The van der Waals surface area contributed by atoms with Crippen molar-refractivity contribution in [3.8, 4) is 0 Å².